The Morgan fingerprint density at radius 1 is 1.00 bits per heavy atom. The van der Waals surface area contributed by atoms with Crippen molar-refractivity contribution in [1.29, 1.82) is 0 Å². The van der Waals surface area contributed by atoms with Crippen LogP contribution in [0.25, 0.3) is 0 Å². The Morgan fingerprint density at radius 3 is 2.61 bits per heavy atom. The lowest BCUT2D eigenvalue weighted by atomic mass is 9.87. The molecule has 0 bridgehead atoms. The van der Waals surface area contributed by atoms with E-state index in [9.17, 15) is 9.59 Å². The van der Waals surface area contributed by atoms with E-state index >= 15 is 0 Å². The quantitative estimate of drug-likeness (QED) is 0.773. The molecule has 1 fully saturated rings. The Morgan fingerprint density at radius 2 is 1.75 bits per heavy atom. The minimum Gasteiger partial charge on any atom is -0.345 e. The normalized spacial score (nSPS) is 18.6. The largest absolute Gasteiger partial charge is 0.345 e. The third kappa shape index (κ3) is 4.25. The van der Waals surface area contributed by atoms with Gasteiger partial charge in [-0.05, 0) is 55.4 Å². The zero-order valence-electron chi connectivity index (χ0n) is 16.0. The molecular formula is C23H26N2O2S. The number of fused-ring (bicyclic) bond motifs is 1. The average molecular weight is 395 g/mol. The van der Waals surface area contributed by atoms with Gasteiger partial charge in [-0.3, -0.25) is 9.59 Å². The van der Waals surface area contributed by atoms with Gasteiger partial charge in [0.25, 0.3) is 5.91 Å². The molecule has 4 nitrogen and oxygen atoms in total. The van der Waals surface area contributed by atoms with E-state index in [2.05, 4.69) is 23.5 Å². The number of carbonyl (C=O) groups excluding carboxylic acids is 2. The second-order valence-corrected chi connectivity index (χ2v) is 8.51. The van der Waals surface area contributed by atoms with Gasteiger partial charge in [-0.1, -0.05) is 36.4 Å². The molecule has 1 heterocycles. The number of hydrogen-bond acceptors (Lipinski definition) is 3. The number of likely N-dealkylation sites (tertiary alicyclic amines) is 1. The van der Waals surface area contributed by atoms with E-state index in [1.165, 1.54) is 22.9 Å². The Bertz CT molecular complexity index is 861. The molecule has 2 aromatic carbocycles. The molecule has 28 heavy (non-hydrogen) atoms. The monoisotopic (exact) mass is 394 g/mol. The molecule has 1 saturated heterocycles. The van der Waals surface area contributed by atoms with E-state index in [0.29, 0.717) is 11.3 Å². The molecule has 0 saturated carbocycles. The number of benzene rings is 2. The van der Waals surface area contributed by atoms with Crippen molar-refractivity contribution in [2.24, 2.45) is 0 Å². The Balaban J connectivity index is 1.44. The fraction of sp³-hybridized carbons (Fsp3) is 0.391. The van der Waals surface area contributed by atoms with E-state index in [4.69, 9.17) is 0 Å². The van der Waals surface area contributed by atoms with Crippen LogP contribution < -0.4 is 5.32 Å². The van der Waals surface area contributed by atoms with Crippen LogP contribution >= 0.6 is 11.8 Å². The van der Waals surface area contributed by atoms with Gasteiger partial charge in [0.05, 0.1) is 17.4 Å². The van der Waals surface area contributed by atoms with Crippen LogP contribution in [0.15, 0.2) is 53.4 Å². The summed E-state index contributed by atoms with van der Waals surface area (Å²) < 4.78 is 0. The highest BCUT2D eigenvalue weighted by Crippen LogP contribution is 2.30. The van der Waals surface area contributed by atoms with Crippen LogP contribution in [0.4, 0.5) is 0 Å². The molecule has 146 valence electrons. The van der Waals surface area contributed by atoms with Crippen molar-refractivity contribution >= 4 is 23.6 Å². The number of carbonyl (C=O) groups is 2. The van der Waals surface area contributed by atoms with Gasteiger partial charge in [-0.25, -0.2) is 0 Å². The van der Waals surface area contributed by atoms with Crippen LogP contribution in [0.5, 0.6) is 0 Å². The van der Waals surface area contributed by atoms with Crippen LogP contribution in [0.1, 0.15) is 53.2 Å². The SMILES string of the molecule is O=C(N[C@@H]1CCCc2ccccc21)c1ccccc1SCC(=O)N1CCCC1. The first-order chi connectivity index (χ1) is 13.7. The lowest BCUT2D eigenvalue weighted by Gasteiger charge is -2.26. The average Bonchev–Trinajstić information content (AvgIpc) is 3.27. The zero-order chi connectivity index (χ0) is 19.3. The lowest BCUT2D eigenvalue weighted by Crippen LogP contribution is -2.31. The Hall–Kier alpha value is -2.27. The second kappa shape index (κ2) is 8.82. The van der Waals surface area contributed by atoms with Crippen LogP contribution in [-0.4, -0.2) is 35.6 Å². The Labute approximate surface area is 170 Å². The van der Waals surface area contributed by atoms with Crippen molar-refractivity contribution in [2.75, 3.05) is 18.8 Å². The number of amides is 2. The van der Waals surface area contributed by atoms with Crippen molar-refractivity contribution < 1.29 is 9.59 Å². The topological polar surface area (TPSA) is 49.4 Å². The molecule has 0 aromatic heterocycles. The summed E-state index contributed by atoms with van der Waals surface area (Å²) in [5, 5.41) is 3.23. The fourth-order valence-electron chi connectivity index (χ4n) is 4.12. The van der Waals surface area contributed by atoms with Crippen molar-refractivity contribution in [3.05, 3.63) is 65.2 Å². The number of aryl methyl sites for hydroxylation is 1. The first-order valence-electron chi connectivity index (χ1n) is 10.1. The molecule has 0 unspecified atom stereocenters. The molecule has 0 radical (unpaired) electrons. The molecule has 2 amide bonds. The molecule has 1 atom stereocenters. The van der Waals surface area contributed by atoms with E-state index in [0.717, 1.165) is 50.1 Å². The second-order valence-electron chi connectivity index (χ2n) is 7.49. The fourth-order valence-corrected chi connectivity index (χ4v) is 5.07. The molecule has 5 heteroatoms. The molecule has 0 spiro atoms. The van der Waals surface area contributed by atoms with Gasteiger partial charge in [0, 0.05) is 18.0 Å². The van der Waals surface area contributed by atoms with Crippen molar-refractivity contribution in [3.63, 3.8) is 0 Å². The summed E-state index contributed by atoms with van der Waals surface area (Å²) in [6.07, 6.45) is 5.32. The van der Waals surface area contributed by atoms with Gasteiger partial charge >= 0.3 is 0 Å². The summed E-state index contributed by atoms with van der Waals surface area (Å²) in [6, 6.07) is 16.0. The standard InChI is InChI=1S/C23H26N2O2S/c26-22(25-14-5-6-15-25)16-28-21-13-4-3-11-19(21)23(27)24-20-12-7-9-17-8-1-2-10-18(17)20/h1-4,8,10-11,13,20H,5-7,9,12,14-16H2,(H,24,27)/t20-/m1/s1. The predicted molar refractivity (Wildman–Crippen MR) is 113 cm³/mol. The van der Waals surface area contributed by atoms with Crippen LogP contribution in [0, 0.1) is 0 Å². The highest BCUT2D eigenvalue weighted by atomic mass is 32.2. The maximum absolute atomic E-state index is 13.0. The van der Waals surface area contributed by atoms with E-state index in [1.54, 1.807) is 0 Å². The third-order valence-corrected chi connectivity index (χ3v) is 6.67. The first-order valence-corrected chi connectivity index (χ1v) is 11.1. The van der Waals surface area contributed by atoms with Gasteiger partial charge < -0.3 is 10.2 Å². The minimum atomic E-state index is -0.0570. The predicted octanol–water partition coefficient (Wildman–Crippen LogP) is 4.21. The van der Waals surface area contributed by atoms with Crippen LogP contribution in [-0.2, 0) is 11.2 Å². The van der Waals surface area contributed by atoms with E-state index < -0.39 is 0 Å². The molecule has 1 N–H and O–H groups in total. The van der Waals surface area contributed by atoms with E-state index in [1.807, 2.05) is 35.2 Å². The zero-order valence-corrected chi connectivity index (χ0v) is 16.8. The number of hydrogen-bond donors (Lipinski definition) is 1. The maximum atomic E-state index is 13.0. The molecule has 2 aliphatic rings. The van der Waals surface area contributed by atoms with Gasteiger partial charge in [0.2, 0.25) is 5.91 Å². The maximum Gasteiger partial charge on any atom is 0.252 e. The highest BCUT2D eigenvalue weighted by Gasteiger charge is 2.23. The minimum absolute atomic E-state index is 0.0570. The number of nitrogens with one attached hydrogen (secondary N) is 1. The summed E-state index contributed by atoms with van der Waals surface area (Å²) in [5.41, 5.74) is 3.22. The summed E-state index contributed by atoms with van der Waals surface area (Å²) in [6.45, 7) is 1.73. The van der Waals surface area contributed by atoms with Crippen molar-refractivity contribution in [3.8, 4) is 0 Å². The van der Waals surface area contributed by atoms with Gasteiger partial charge in [0.1, 0.15) is 0 Å². The number of rotatable bonds is 5. The van der Waals surface area contributed by atoms with Gasteiger partial charge in [-0.15, -0.1) is 11.8 Å². The number of thioether (sulfide) groups is 1. The summed E-state index contributed by atoms with van der Waals surface area (Å²) >= 11 is 1.47. The summed E-state index contributed by atoms with van der Waals surface area (Å²) in [4.78, 5) is 28.2. The van der Waals surface area contributed by atoms with Crippen LogP contribution in [0.3, 0.4) is 0 Å². The molecule has 1 aliphatic heterocycles. The summed E-state index contributed by atoms with van der Waals surface area (Å²) in [5.74, 6) is 0.494. The first kappa shape index (κ1) is 19.1. The molecule has 1 aliphatic carbocycles. The van der Waals surface area contributed by atoms with Crippen LogP contribution in [0.2, 0.25) is 0 Å². The smallest absolute Gasteiger partial charge is 0.252 e. The van der Waals surface area contributed by atoms with Gasteiger partial charge in [0.15, 0.2) is 0 Å². The molecule has 4 rings (SSSR count). The Kier molecular flexibility index (Phi) is 6.01. The number of nitrogens with zero attached hydrogens (tertiary/aromatic N) is 1. The third-order valence-electron chi connectivity index (χ3n) is 5.62. The van der Waals surface area contributed by atoms with Gasteiger partial charge in [-0.2, -0.15) is 0 Å². The van der Waals surface area contributed by atoms with E-state index in [-0.39, 0.29) is 17.9 Å². The molecule has 2 aromatic rings. The molecular weight excluding hydrogens is 368 g/mol. The van der Waals surface area contributed by atoms with Crippen molar-refractivity contribution in [2.45, 2.75) is 43.0 Å². The lowest BCUT2D eigenvalue weighted by molar-refractivity contribution is -0.127. The van der Waals surface area contributed by atoms with Crippen molar-refractivity contribution in [1.82, 2.24) is 10.2 Å². The summed E-state index contributed by atoms with van der Waals surface area (Å²) in [7, 11) is 0. The highest BCUT2D eigenvalue weighted by molar-refractivity contribution is 8.00.